The van der Waals surface area contributed by atoms with Gasteiger partial charge in [-0.2, -0.15) is 23.3 Å². The fourth-order valence-electron chi connectivity index (χ4n) is 2.21. The Morgan fingerprint density at radius 3 is 2.22 bits per heavy atom. The van der Waals surface area contributed by atoms with Crippen LogP contribution in [-0.2, 0) is 0 Å². The molecule has 23 heavy (non-hydrogen) atoms. The number of rotatable bonds is 3. The predicted octanol–water partition coefficient (Wildman–Crippen LogP) is 2.18. The van der Waals surface area contributed by atoms with Crippen LogP contribution in [0.25, 0.3) is 0 Å². The maximum Gasteiger partial charge on any atom is 0.438 e. The molecule has 1 aliphatic rings. The Morgan fingerprint density at radius 1 is 1.26 bits per heavy atom. The molecule has 1 atom stereocenters. The highest BCUT2D eigenvalue weighted by Gasteiger charge is 2.62. The van der Waals surface area contributed by atoms with E-state index in [-0.39, 0.29) is 27.8 Å². The maximum atomic E-state index is 13.2. The lowest BCUT2D eigenvalue weighted by Crippen LogP contribution is -2.56. The minimum atomic E-state index is -5.05. The van der Waals surface area contributed by atoms with Crippen molar-refractivity contribution in [3.05, 3.63) is 23.8 Å². The van der Waals surface area contributed by atoms with Gasteiger partial charge in [-0.3, -0.25) is 4.79 Å². The van der Waals surface area contributed by atoms with Crippen LogP contribution in [0.1, 0.15) is 23.7 Å². The number of aliphatic hydroxyl groups is 1. The standard InChI is InChI=1S/C14H15F3N2O4/c1-8-7-13(21,14(15,16)17)19(18-8)12(20)9-4-10(22-2)6-11(5-9)23-3/h4-6,21H,7H2,1-3H3/t13-/m0/s1. The average Bonchev–Trinajstić information content (AvgIpc) is 2.81. The molecule has 0 aromatic heterocycles. The van der Waals surface area contributed by atoms with E-state index < -0.39 is 24.2 Å². The van der Waals surface area contributed by atoms with Crippen LogP contribution in [-0.4, -0.2) is 47.9 Å². The first kappa shape index (κ1) is 17.1. The second-order valence-corrected chi connectivity index (χ2v) is 5.04. The van der Waals surface area contributed by atoms with Gasteiger partial charge in [0.25, 0.3) is 11.6 Å². The summed E-state index contributed by atoms with van der Waals surface area (Å²) in [4.78, 5) is 12.4. The van der Waals surface area contributed by atoms with Crippen molar-refractivity contribution in [1.29, 1.82) is 0 Å². The molecule has 9 heteroatoms. The van der Waals surface area contributed by atoms with Crippen molar-refractivity contribution in [2.45, 2.75) is 25.2 Å². The number of benzene rings is 1. The number of amides is 1. The predicted molar refractivity (Wildman–Crippen MR) is 74.4 cm³/mol. The molecular formula is C14H15F3N2O4. The molecule has 1 aromatic carbocycles. The summed E-state index contributed by atoms with van der Waals surface area (Å²) in [5, 5.41) is 13.5. The van der Waals surface area contributed by atoms with Gasteiger partial charge < -0.3 is 14.6 Å². The molecule has 0 unspecified atom stereocenters. The Bertz CT molecular complexity index is 638. The van der Waals surface area contributed by atoms with Gasteiger partial charge in [0.05, 0.1) is 14.2 Å². The molecule has 1 amide bonds. The molecule has 0 saturated carbocycles. The number of carbonyl (C=O) groups is 1. The Labute approximate surface area is 130 Å². The second kappa shape index (κ2) is 5.73. The monoisotopic (exact) mass is 332 g/mol. The molecule has 1 heterocycles. The summed E-state index contributed by atoms with van der Waals surface area (Å²) in [5.74, 6) is -0.662. The van der Waals surface area contributed by atoms with Gasteiger partial charge in [0.15, 0.2) is 0 Å². The van der Waals surface area contributed by atoms with Crippen molar-refractivity contribution >= 4 is 11.6 Å². The molecule has 1 aliphatic heterocycles. The third-order valence-corrected chi connectivity index (χ3v) is 3.37. The number of alkyl halides is 3. The van der Waals surface area contributed by atoms with E-state index in [1.807, 2.05) is 0 Å². The van der Waals surface area contributed by atoms with Gasteiger partial charge in [0.2, 0.25) is 0 Å². The molecule has 2 rings (SSSR count). The van der Waals surface area contributed by atoms with Crippen molar-refractivity contribution in [2.24, 2.45) is 5.10 Å². The number of nitrogens with zero attached hydrogens (tertiary/aromatic N) is 2. The smallest absolute Gasteiger partial charge is 0.438 e. The normalized spacial score (nSPS) is 21.2. The van der Waals surface area contributed by atoms with E-state index in [9.17, 15) is 23.1 Å². The number of hydrogen-bond acceptors (Lipinski definition) is 5. The number of ether oxygens (including phenoxy) is 2. The van der Waals surface area contributed by atoms with Crippen molar-refractivity contribution in [2.75, 3.05) is 14.2 Å². The number of halogens is 3. The molecule has 0 spiro atoms. The van der Waals surface area contributed by atoms with Crippen molar-refractivity contribution in [1.82, 2.24) is 5.01 Å². The highest BCUT2D eigenvalue weighted by Crippen LogP contribution is 2.41. The molecule has 0 saturated heterocycles. The zero-order valence-electron chi connectivity index (χ0n) is 12.6. The van der Waals surface area contributed by atoms with Gasteiger partial charge in [0, 0.05) is 23.8 Å². The minimum Gasteiger partial charge on any atom is -0.497 e. The van der Waals surface area contributed by atoms with Gasteiger partial charge in [-0.1, -0.05) is 0 Å². The fourth-order valence-corrected chi connectivity index (χ4v) is 2.21. The van der Waals surface area contributed by atoms with Gasteiger partial charge in [-0.05, 0) is 19.1 Å². The summed E-state index contributed by atoms with van der Waals surface area (Å²) in [5.41, 5.74) is -3.53. The van der Waals surface area contributed by atoms with Gasteiger partial charge in [0.1, 0.15) is 11.5 Å². The lowest BCUT2D eigenvalue weighted by atomic mass is 10.1. The summed E-state index contributed by atoms with van der Waals surface area (Å²) in [7, 11) is 2.68. The second-order valence-electron chi connectivity index (χ2n) is 5.04. The van der Waals surface area contributed by atoms with E-state index >= 15 is 0 Å². The Kier molecular flexibility index (Phi) is 4.25. The lowest BCUT2D eigenvalue weighted by molar-refractivity contribution is -0.297. The maximum absolute atomic E-state index is 13.2. The van der Waals surface area contributed by atoms with Crippen molar-refractivity contribution in [3.63, 3.8) is 0 Å². The van der Waals surface area contributed by atoms with Crippen molar-refractivity contribution < 1.29 is 32.5 Å². The van der Waals surface area contributed by atoms with Crippen LogP contribution in [0.15, 0.2) is 23.3 Å². The van der Waals surface area contributed by atoms with Gasteiger partial charge >= 0.3 is 6.18 Å². The topological polar surface area (TPSA) is 71.4 Å². The molecule has 1 aromatic rings. The molecule has 6 nitrogen and oxygen atoms in total. The number of carbonyl (C=O) groups excluding carboxylic acids is 1. The fraction of sp³-hybridized carbons (Fsp3) is 0.429. The van der Waals surface area contributed by atoms with Crippen molar-refractivity contribution in [3.8, 4) is 11.5 Å². The zero-order valence-corrected chi connectivity index (χ0v) is 12.6. The minimum absolute atomic E-state index is 0.00645. The van der Waals surface area contributed by atoms with Crippen LogP contribution in [0, 0.1) is 0 Å². The number of hydrazone groups is 1. The van der Waals surface area contributed by atoms with Gasteiger partial charge in [-0.25, -0.2) is 0 Å². The first-order valence-corrected chi connectivity index (χ1v) is 6.53. The quantitative estimate of drug-likeness (QED) is 0.921. The van der Waals surface area contributed by atoms with Crippen LogP contribution < -0.4 is 9.47 Å². The SMILES string of the molecule is COc1cc(OC)cc(C(=O)N2N=C(C)C[C@]2(O)C(F)(F)F)c1. The number of methoxy groups -OCH3 is 2. The van der Waals surface area contributed by atoms with E-state index in [1.54, 1.807) is 0 Å². The zero-order chi connectivity index (χ0) is 17.4. The summed E-state index contributed by atoms with van der Waals surface area (Å²) in [6, 6.07) is 3.95. The van der Waals surface area contributed by atoms with E-state index in [0.717, 1.165) is 0 Å². The lowest BCUT2D eigenvalue weighted by Gasteiger charge is -2.32. The molecule has 1 N–H and O–H groups in total. The van der Waals surface area contributed by atoms with E-state index in [1.165, 1.54) is 39.3 Å². The summed E-state index contributed by atoms with van der Waals surface area (Å²) in [6.07, 6.45) is -5.85. The summed E-state index contributed by atoms with van der Waals surface area (Å²) in [6.45, 7) is 1.30. The Morgan fingerprint density at radius 2 is 1.78 bits per heavy atom. The Hall–Kier alpha value is -2.29. The summed E-state index contributed by atoms with van der Waals surface area (Å²) >= 11 is 0. The van der Waals surface area contributed by atoms with Crippen LogP contribution >= 0.6 is 0 Å². The first-order chi connectivity index (χ1) is 10.6. The molecule has 126 valence electrons. The molecule has 0 bridgehead atoms. The van der Waals surface area contributed by atoms with Crippen LogP contribution in [0.2, 0.25) is 0 Å². The van der Waals surface area contributed by atoms with Crippen LogP contribution in [0.3, 0.4) is 0 Å². The van der Waals surface area contributed by atoms with E-state index in [4.69, 9.17) is 9.47 Å². The third kappa shape index (κ3) is 2.96. The highest BCUT2D eigenvalue weighted by atomic mass is 19.4. The van der Waals surface area contributed by atoms with Crippen LogP contribution in [0.5, 0.6) is 11.5 Å². The van der Waals surface area contributed by atoms with E-state index in [2.05, 4.69) is 5.10 Å². The summed E-state index contributed by atoms with van der Waals surface area (Å²) < 4.78 is 49.5. The van der Waals surface area contributed by atoms with Gasteiger partial charge in [-0.15, -0.1) is 0 Å². The molecule has 0 fully saturated rings. The van der Waals surface area contributed by atoms with E-state index in [0.29, 0.717) is 0 Å². The molecule has 0 radical (unpaired) electrons. The third-order valence-electron chi connectivity index (χ3n) is 3.37. The number of hydrogen-bond donors (Lipinski definition) is 1. The molecular weight excluding hydrogens is 317 g/mol. The highest BCUT2D eigenvalue weighted by molar-refractivity contribution is 5.98. The van der Waals surface area contributed by atoms with Crippen LogP contribution in [0.4, 0.5) is 13.2 Å². The average molecular weight is 332 g/mol. The Balaban J connectivity index is 2.46. The first-order valence-electron chi connectivity index (χ1n) is 6.53. The molecule has 0 aliphatic carbocycles. The largest absolute Gasteiger partial charge is 0.497 e.